The molecule has 0 bridgehead atoms. The van der Waals surface area contributed by atoms with Gasteiger partial charge in [0.2, 0.25) is 0 Å². The monoisotopic (exact) mass is 250 g/mol. The number of aliphatic carboxylic acids is 1. The van der Waals surface area contributed by atoms with Crippen molar-refractivity contribution in [2.75, 3.05) is 18.5 Å². The number of fused-ring (bicyclic) bond motifs is 1. The maximum absolute atomic E-state index is 11.9. The molecule has 0 saturated carbocycles. The predicted octanol–water partition coefficient (Wildman–Crippen LogP) is 0.718. The Morgan fingerprint density at radius 3 is 3.00 bits per heavy atom. The number of hydrogen-bond acceptors (Lipinski definition) is 4. The van der Waals surface area contributed by atoms with E-state index in [0.29, 0.717) is 13.0 Å². The average Bonchev–Trinajstić information content (AvgIpc) is 2.37. The Morgan fingerprint density at radius 1 is 1.44 bits per heavy atom. The number of amides is 1. The average molecular weight is 250 g/mol. The fourth-order valence-electron chi connectivity index (χ4n) is 1.98. The van der Waals surface area contributed by atoms with Crippen LogP contribution >= 0.6 is 0 Å². The molecule has 1 amide bonds. The number of hydrogen-bond donors (Lipinski definition) is 3. The summed E-state index contributed by atoms with van der Waals surface area (Å²) in [5.41, 5.74) is 4.01. The van der Waals surface area contributed by atoms with Gasteiger partial charge in [0, 0.05) is 12.2 Å². The first-order valence-electron chi connectivity index (χ1n) is 5.64. The SMILES string of the molecule is O=C(O)CONC(=O)C1CCNc2ccccc21. The zero-order valence-corrected chi connectivity index (χ0v) is 9.68. The lowest BCUT2D eigenvalue weighted by molar-refractivity contribution is -0.149. The number of carboxylic acid groups (broad SMARTS) is 1. The molecule has 18 heavy (non-hydrogen) atoms. The summed E-state index contributed by atoms with van der Waals surface area (Å²) in [6.07, 6.45) is 0.652. The molecule has 0 aromatic heterocycles. The van der Waals surface area contributed by atoms with Gasteiger partial charge in [-0.3, -0.25) is 9.63 Å². The molecule has 1 unspecified atom stereocenters. The van der Waals surface area contributed by atoms with Gasteiger partial charge in [0.25, 0.3) is 5.91 Å². The van der Waals surface area contributed by atoms with Crippen LogP contribution in [0.5, 0.6) is 0 Å². The highest BCUT2D eigenvalue weighted by molar-refractivity contribution is 5.85. The molecular formula is C12H14N2O4. The number of para-hydroxylation sites is 1. The molecule has 1 aliphatic heterocycles. The molecule has 3 N–H and O–H groups in total. The van der Waals surface area contributed by atoms with E-state index in [1.165, 1.54) is 0 Å². The Kier molecular flexibility index (Phi) is 3.78. The van der Waals surface area contributed by atoms with Crippen LogP contribution in [0.4, 0.5) is 5.69 Å². The van der Waals surface area contributed by atoms with Gasteiger partial charge >= 0.3 is 5.97 Å². The lowest BCUT2D eigenvalue weighted by Crippen LogP contribution is -2.34. The van der Waals surface area contributed by atoms with Crippen LogP contribution in [-0.4, -0.2) is 30.1 Å². The van der Waals surface area contributed by atoms with E-state index in [0.717, 1.165) is 11.3 Å². The van der Waals surface area contributed by atoms with E-state index in [1.807, 2.05) is 24.3 Å². The molecule has 0 spiro atoms. The van der Waals surface area contributed by atoms with E-state index in [9.17, 15) is 9.59 Å². The van der Waals surface area contributed by atoms with Gasteiger partial charge in [-0.15, -0.1) is 0 Å². The lowest BCUT2D eigenvalue weighted by atomic mass is 9.90. The van der Waals surface area contributed by atoms with Crippen molar-refractivity contribution in [1.29, 1.82) is 0 Å². The molecule has 1 aliphatic rings. The minimum Gasteiger partial charge on any atom is -0.479 e. The number of hydroxylamine groups is 1. The molecular weight excluding hydrogens is 236 g/mol. The first-order chi connectivity index (χ1) is 8.68. The molecule has 0 radical (unpaired) electrons. The normalized spacial score (nSPS) is 17.4. The summed E-state index contributed by atoms with van der Waals surface area (Å²) in [7, 11) is 0. The summed E-state index contributed by atoms with van der Waals surface area (Å²) in [6, 6.07) is 7.55. The third-order valence-corrected chi connectivity index (χ3v) is 2.77. The van der Waals surface area contributed by atoms with E-state index >= 15 is 0 Å². The minimum atomic E-state index is -1.12. The van der Waals surface area contributed by atoms with Crippen LogP contribution in [0.15, 0.2) is 24.3 Å². The Morgan fingerprint density at radius 2 is 2.22 bits per heavy atom. The molecule has 1 aromatic rings. The number of carbonyl (C=O) groups is 2. The van der Waals surface area contributed by atoms with Gasteiger partial charge < -0.3 is 10.4 Å². The highest BCUT2D eigenvalue weighted by Gasteiger charge is 2.26. The van der Waals surface area contributed by atoms with Crippen molar-refractivity contribution in [3.05, 3.63) is 29.8 Å². The number of anilines is 1. The summed E-state index contributed by atoms with van der Waals surface area (Å²) in [5.74, 6) is -1.75. The van der Waals surface area contributed by atoms with Crippen LogP contribution in [0, 0.1) is 0 Å². The summed E-state index contributed by atoms with van der Waals surface area (Å²) in [6.45, 7) is 0.159. The van der Waals surface area contributed by atoms with Crippen molar-refractivity contribution in [3.8, 4) is 0 Å². The standard InChI is InChI=1S/C12H14N2O4/c15-11(16)7-18-14-12(17)9-5-6-13-10-4-2-1-3-8(9)10/h1-4,9,13H,5-7H2,(H,14,17)(H,15,16). The highest BCUT2D eigenvalue weighted by atomic mass is 16.7. The summed E-state index contributed by atoms with van der Waals surface area (Å²) in [4.78, 5) is 26.8. The van der Waals surface area contributed by atoms with Gasteiger partial charge in [-0.25, -0.2) is 10.3 Å². The second kappa shape index (κ2) is 5.50. The number of rotatable bonds is 4. The fraction of sp³-hybridized carbons (Fsp3) is 0.333. The van der Waals surface area contributed by atoms with Crippen molar-refractivity contribution in [3.63, 3.8) is 0 Å². The summed E-state index contributed by atoms with van der Waals surface area (Å²) in [5, 5.41) is 11.6. The fourth-order valence-corrected chi connectivity index (χ4v) is 1.98. The van der Waals surface area contributed by atoms with Crippen LogP contribution in [0.2, 0.25) is 0 Å². The van der Waals surface area contributed by atoms with Crippen LogP contribution in [0.1, 0.15) is 17.9 Å². The Bertz CT molecular complexity index is 461. The van der Waals surface area contributed by atoms with Crippen molar-refractivity contribution < 1.29 is 19.5 Å². The van der Waals surface area contributed by atoms with Gasteiger partial charge in [-0.05, 0) is 18.1 Å². The Labute approximate surface area is 104 Å². The molecule has 6 heteroatoms. The maximum atomic E-state index is 11.9. The zero-order valence-electron chi connectivity index (χ0n) is 9.68. The number of carboxylic acids is 1. The second-order valence-corrected chi connectivity index (χ2v) is 4.00. The third kappa shape index (κ3) is 2.78. The van der Waals surface area contributed by atoms with Crippen molar-refractivity contribution >= 4 is 17.6 Å². The van der Waals surface area contributed by atoms with Gasteiger partial charge in [-0.2, -0.15) is 0 Å². The number of benzene rings is 1. The van der Waals surface area contributed by atoms with Crippen molar-refractivity contribution in [2.24, 2.45) is 0 Å². The first-order valence-corrected chi connectivity index (χ1v) is 5.64. The largest absolute Gasteiger partial charge is 0.479 e. The van der Waals surface area contributed by atoms with Gasteiger partial charge in [0.15, 0.2) is 6.61 Å². The highest BCUT2D eigenvalue weighted by Crippen LogP contribution is 2.31. The van der Waals surface area contributed by atoms with Gasteiger partial charge in [0.05, 0.1) is 5.92 Å². The van der Waals surface area contributed by atoms with E-state index in [-0.39, 0.29) is 11.8 Å². The minimum absolute atomic E-state index is 0.309. The first kappa shape index (κ1) is 12.4. The third-order valence-electron chi connectivity index (χ3n) is 2.77. The van der Waals surface area contributed by atoms with Crippen LogP contribution in [0.25, 0.3) is 0 Å². The van der Waals surface area contributed by atoms with Crippen LogP contribution in [0.3, 0.4) is 0 Å². The molecule has 0 aliphatic carbocycles. The van der Waals surface area contributed by atoms with E-state index < -0.39 is 12.6 Å². The molecule has 1 aromatic carbocycles. The summed E-state index contributed by atoms with van der Waals surface area (Å²) < 4.78 is 0. The number of nitrogens with one attached hydrogen (secondary N) is 2. The molecule has 2 rings (SSSR count). The predicted molar refractivity (Wildman–Crippen MR) is 64.0 cm³/mol. The second-order valence-electron chi connectivity index (χ2n) is 4.00. The van der Waals surface area contributed by atoms with Crippen molar-refractivity contribution in [2.45, 2.75) is 12.3 Å². The van der Waals surface area contributed by atoms with Gasteiger partial charge in [0.1, 0.15) is 0 Å². The van der Waals surface area contributed by atoms with Gasteiger partial charge in [-0.1, -0.05) is 18.2 Å². The molecule has 1 heterocycles. The maximum Gasteiger partial charge on any atom is 0.332 e. The molecule has 6 nitrogen and oxygen atoms in total. The zero-order chi connectivity index (χ0) is 13.0. The van der Waals surface area contributed by atoms with E-state index in [4.69, 9.17) is 5.11 Å². The lowest BCUT2D eigenvalue weighted by Gasteiger charge is -2.25. The smallest absolute Gasteiger partial charge is 0.332 e. The topological polar surface area (TPSA) is 87.7 Å². The van der Waals surface area contributed by atoms with E-state index in [2.05, 4.69) is 15.6 Å². The van der Waals surface area contributed by atoms with Crippen molar-refractivity contribution in [1.82, 2.24) is 5.48 Å². The van der Waals surface area contributed by atoms with Crippen LogP contribution in [-0.2, 0) is 14.4 Å². The summed E-state index contributed by atoms with van der Waals surface area (Å²) >= 11 is 0. The number of carbonyl (C=O) groups excluding carboxylic acids is 1. The molecule has 0 fully saturated rings. The molecule has 0 saturated heterocycles. The molecule has 96 valence electrons. The van der Waals surface area contributed by atoms with E-state index in [1.54, 1.807) is 0 Å². The Hall–Kier alpha value is -2.08. The molecule has 1 atom stereocenters. The van der Waals surface area contributed by atoms with Crippen LogP contribution < -0.4 is 10.8 Å². The Balaban J connectivity index is 2.01. The quantitative estimate of drug-likeness (QED) is 0.685.